The van der Waals surface area contributed by atoms with Crippen LogP contribution in [0.4, 0.5) is 15.0 Å². The minimum atomic E-state index is -1.01. The van der Waals surface area contributed by atoms with E-state index in [1.165, 1.54) is 38.3 Å². The monoisotopic (exact) mass is 475 g/mol. The second-order valence-corrected chi connectivity index (χ2v) is 10.2. The van der Waals surface area contributed by atoms with Gasteiger partial charge in [-0.15, -0.1) is 0 Å². The predicted octanol–water partition coefficient (Wildman–Crippen LogP) is 5.35. The summed E-state index contributed by atoms with van der Waals surface area (Å²) in [4.78, 5) is 33.2. The second kappa shape index (κ2) is 11.8. The summed E-state index contributed by atoms with van der Waals surface area (Å²) in [6.07, 6.45) is 9.46. The molecule has 188 valence electrons. The SMILES string of the molecule is CCOC(=O)/C(F)=C/c1ccc(N(C(=O)OC(C)(C)C)[C@@H]2CCN(CC3CCCCC3)C2)nc1. The third-order valence-corrected chi connectivity index (χ3v) is 6.23. The van der Waals surface area contributed by atoms with Crippen molar-refractivity contribution in [2.24, 2.45) is 5.92 Å². The number of pyridine rings is 1. The summed E-state index contributed by atoms with van der Waals surface area (Å²) < 4.78 is 24.4. The summed E-state index contributed by atoms with van der Waals surface area (Å²) in [5.74, 6) is -0.811. The van der Waals surface area contributed by atoms with Crippen LogP contribution in [0.2, 0.25) is 0 Å². The molecule has 1 aliphatic carbocycles. The Balaban J connectivity index is 1.75. The lowest BCUT2D eigenvalue weighted by Gasteiger charge is -2.31. The number of amides is 1. The Kier molecular flexibility index (Phi) is 9.05. The van der Waals surface area contributed by atoms with Gasteiger partial charge in [-0.25, -0.2) is 14.6 Å². The zero-order valence-corrected chi connectivity index (χ0v) is 20.9. The normalized spacial score (nSPS) is 20.3. The van der Waals surface area contributed by atoms with E-state index in [-0.39, 0.29) is 12.6 Å². The number of hydrogen-bond donors (Lipinski definition) is 0. The van der Waals surface area contributed by atoms with Crippen molar-refractivity contribution in [3.05, 3.63) is 29.7 Å². The van der Waals surface area contributed by atoms with Crippen LogP contribution in [0.1, 0.15) is 71.8 Å². The Morgan fingerprint density at radius 2 is 1.94 bits per heavy atom. The van der Waals surface area contributed by atoms with E-state index in [0.717, 1.165) is 38.0 Å². The highest BCUT2D eigenvalue weighted by Gasteiger charge is 2.35. The third kappa shape index (κ3) is 7.52. The van der Waals surface area contributed by atoms with Gasteiger partial charge < -0.3 is 14.4 Å². The minimum absolute atomic E-state index is 0.0522. The second-order valence-electron chi connectivity index (χ2n) is 10.2. The molecule has 1 aromatic heterocycles. The lowest BCUT2D eigenvalue weighted by molar-refractivity contribution is -0.140. The molecule has 0 aromatic carbocycles. The number of carbonyl (C=O) groups excluding carboxylic acids is 2. The van der Waals surface area contributed by atoms with Crippen LogP contribution in [0.5, 0.6) is 0 Å². The molecule has 0 radical (unpaired) electrons. The van der Waals surface area contributed by atoms with Gasteiger partial charge >= 0.3 is 12.1 Å². The number of aromatic nitrogens is 1. The first kappa shape index (κ1) is 26.1. The molecular weight excluding hydrogens is 437 g/mol. The van der Waals surface area contributed by atoms with Crippen molar-refractivity contribution in [2.45, 2.75) is 77.9 Å². The summed E-state index contributed by atoms with van der Waals surface area (Å²) in [7, 11) is 0. The lowest BCUT2D eigenvalue weighted by atomic mass is 9.89. The van der Waals surface area contributed by atoms with E-state index in [1.54, 1.807) is 24.0 Å². The largest absolute Gasteiger partial charge is 0.461 e. The fourth-order valence-electron chi connectivity index (χ4n) is 4.70. The van der Waals surface area contributed by atoms with E-state index in [9.17, 15) is 14.0 Å². The van der Waals surface area contributed by atoms with Crippen LogP contribution in [0.25, 0.3) is 6.08 Å². The number of halogens is 1. The molecule has 2 aliphatic rings. The number of likely N-dealkylation sites (tertiary alicyclic amines) is 1. The molecule has 0 N–H and O–H groups in total. The van der Waals surface area contributed by atoms with E-state index >= 15 is 0 Å². The zero-order valence-electron chi connectivity index (χ0n) is 20.9. The van der Waals surface area contributed by atoms with Crippen LogP contribution in [0, 0.1) is 5.92 Å². The molecule has 1 saturated heterocycles. The molecule has 1 atom stereocenters. The Labute approximate surface area is 202 Å². The van der Waals surface area contributed by atoms with Crippen LogP contribution < -0.4 is 4.90 Å². The fraction of sp³-hybridized carbons (Fsp3) is 0.654. The molecule has 0 bridgehead atoms. The maximum Gasteiger partial charge on any atom is 0.416 e. The van der Waals surface area contributed by atoms with Crippen molar-refractivity contribution in [3.63, 3.8) is 0 Å². The molecule has 1 aromatic rings. The average Bonchev–Trinajstić information content (AvgIpc) is 3.22. The van der Waals surface area contributed by atoms with Crippen molar-refractivity contribution in [1.82, 2.24) is 9.88 Å². The molecule has 1 amide bonds. The van der Waals surface area contributed by atoms with E-state index in [0.29, 0.717) is 11.4 Å². The van der Waals surface area contributed by atoms with Gasteiger partial charge in [0.25, 0.3) is 0 Å². The average molecular weight is 476 g/mol. The minimum Gasteiger partial charge on any atom is -0.461 e. The van der Waals surface area contributed by atoms with E-state index < -0.39 is 23.5 Å². The zero-order chi connectivity index (χ0) is 24.7. The van der Waals surface area contributed by atoms with Crippen molar-refractivity contribution >= 4 is 24.0 Å². The first-order chi connectivity index (χ1) is 16.2. The number of carbonyl (C=O) groups is 2. The van der Waals surface area contributed by atoms with E-state index in [2.05, 4.69) is 14.6 Å². The van der Waals surface area contributed by atoms with Gasteiger partial charge in [-0.2, -0.15) is 4.39 Å². The molecule has 34 heavy (non-hydrogen) atoms. The number of hydrogen-bond acceptors (Lipinski definition) is 6. The summed E-state index contributed by atoms with van der Waals surface area (Å²) in [5.41, 5.74) is -0.231. The summed E-state index contributed by atoms with van der Waals surface area (Å²) in [6, 6.07) is 3.24. The third-order valence-electron chi connectivity index (χ3n) is 6.23. The number of rotatable bonds is 7. The smallest absolute Gasteiger partial charge is 0.416 e. The van der Waals surface area contributed by atoms with Crippen molar-refractivity contribution in [2.75, 3.05) is 31.1 Å². The Hall–Kier alpha value is -2.48. The highest BCUT2D eigenvalue weighted by Crippen LogP contribution is 2.29. The Morgan fingerprint density at radius 3 is 2.56 bits per heavy atom. The maximum atomic E-state index is 14.0. The maximum absolute atomic E-state index is 14.0. The predicted molar refractivity (Wildman–Crippen MR) is 130 cm³/mol. The molecule has 1 aliphatic heterocycles. The molecule has 1 saturated carbocycles. The first-order valence-corrected chi connectivity index (χ1v) is 12.4. The lowest BCUT2D eigenvalue weighted by Crippen LogP contribution is -2.45. The van der Waals surface area contributed by atoms with Crippen LogP contribution in [-0.2, 0) is 14.3 Å². The molecule has 3 rings (SSSR count). The van der Waals surface area contributed by atoms with Crippen molar-refractivity contribution < 1.29 is 23.5 Å². The topological polar surface area (TPSA) is 72.0 Å². The highest BCUT2D eigenvalue weighted by molar-refractivity contribution is 5.91. The Bertz CT molecular complexity index is 860. The van der Waals surface area contributed by atoms with Crippen molar-refractivity contribution in [1.29, 1.82) is 0 Å². The van der Waals surface area contributed by atoms with E-state index in [1.807, 2.05) is 20.8 Å². The van der Waals surface area contributed by atoms with Gasteiger partial charge in [-0.05, 0) is 76.6 Å². The van der Waals surface area contributed by atoms with Crippen LogP contribution in [0.3, 0.4) is 0 Å². The molecule has 7 nitrogen and oxygen atoms in total. The Morgan fingerprint density at radius 1 is 1.21 bits per heavy atom. The standard InChI is InChI=1S/C26H38FN3O4/c1-5-33-24(31)22(27)15-20-11-12-23(28-16-20)30(25(32)34-26(2,3)4)21-13-14-29(18-21)17-19-9-7-6-8-10-19/h11-12,15-16,19,21H,5-10,13-14,17-18H2,1-4H3/b22-15-/t21-/m1/s1. The molecule has 8 heteroatoms. The fourth-order valence-corrected chi connectivity index (χ4v) is 4.70. The van der Waals surface area contributed by atoms with Gasteiger partial charge in [0.1, 0.15) is 11.4 Å². The van der Waals surface area contributed by atoms with Gasteiger partial charge in [0.2, 0.25) is 5.83 Å². The highest BCUT2D eigenvalue weighted by atomic mass is 19.1. The van der Waals surface area contributed by atoms with Crippen LogP contribution >= 0.6 is 0 Å². The van der Waals surface area contributed by atoms with Gasteiger partial charge in [-0.3, -0.25) is 4.90 Å². The number of esters is 1. The summed E-state index contributed by atoms with van der Waals surface area (Å²) >= 11 is 0. The van der Waals surface area contributed by atoms with Gasteiger partial charge in [0, 0.05) is 25.8 Å². The first-order valence-electron chi connectivity index (χ1n) is 12.4. The van der Waals surface area contributed by atoms with Crippen molar-refractivity contribution in [3.8, 4) is 0 Å². The molecule has 2 fully saturated rings. The van der Waals surface area contributed by atoms with E-state index in [4.69, 9.17) is 4.74 Å². The summed E-state index contributed by atoms with van der Waals surface area (Å²) in [6.45, 7) is 10.0. The number of anilines is 1. The van der Waals surface area contributed by atoms with Crippen LogP contribution in [-0.4, -0.2) is 59.8 Å². The molecule has 2 heterocycles. The van der Waals surface area contributed by atoms with Crippen LogP contribution in [0.15, 0.2) is 24.2 Å². The van der Waals surface area contributed by atoms with Gasteiger partial charge in [-0.1, -0.05) is 19.3 Å². The molecular formula is C26H38FN3O4. The number of ether oxygens (including phenoxy) is 2. The van der Waals surface area contributed by atoms with Gasteiger partial charge in [0.05, 0.1) is 12.6 Å². The van der Waals surface area contributed by atoms with Gasteiger partial charge in [0.15, 0.2) is 0 Å². The summed E-state index contributed by atoms with van der Waals surface area (Å²) in [5, 5.41) is 0. The number of nitrogens with zero attached hydrogens (tertiary/aromatic N) is 3. The molecule has 0 unspecified atom stereocenters. The quantitative estimate of drug-likeness (QED) is 0.391. The molecule has 0 spiro atoms.